The van der Waals surface area contributed by atoms with Crippen LogP contribution in [0.15, 0.2) is 41.1 Å². The van der Waals surface area contributed by atoms with Crippen LogP contribution in [0.4, 0.5) is 14.6 Å². The van der Waals surface area contributed by atoms with Crippen LogP contribution in [0, 0.1) is 17.1 Å². The maximum Gasteiger partial charge on any atom is 0.286 e. The van der Waals surface area contributed by atoms with Crippen LogP contribution in [-0.4, -0.2) is 23.1 Å². The average Bonchev–Trinajstić information content (AvgIpc) is 2.46. The summed E-state index contributed by atoms with van der Waals surface area (Å²) in [5, 5.41) is 14.2. The number of aromatic nitrogens is 1. The number of aliphatic imine (C=N–C) groups is 1. The fourth-order valence-corrected chi connectivity index (χ4v) is 1.67. The van der Waals surface area contributed by atoms with E-state index in [0.717, 1.165) is 12.3 Å². The van der Waals surface area contributed by atoms with Crippen LogP contribution < -0.4 is 5.41 Å². The Labute approximate surface area is 114 Å². The van der Waals surface area contributed by atoms with Crippen molar-refractivity contribution in [1.29, 1.82) is 5.26 Å². The molecule has 1 aromatic heterocycles. The summed E-state index contributed by atoms with van der Waals surface area (Å²) in [4.78, 5) is 7.76. The van der Waals surface area contributed by atoms with Crippen molar-refractivity contribution >= 4 is 17.7 Å². The van der Waals surface area contributed by atoms with E-state index in [1.807, 2.05) is 0 Å². The Morgan fingerprint density at radius 3 is 3.10 bits per heavy atom. The highest BCUT2D eigenvalue weighted by Crippen LogP contribution is 2.19. The van der Waals surface area contributed by atoms with Gasteiger partial charge in [-0.05, 0) is 6.07 Å². The Morgan fingerprint density at radius 2 is 2.40 bits per heavy atom. The van der Waals surface area contributed by atoms with E-state index in [-0.39, 0.29) is 23.5 Å². The van der Waals surface area contributed by atoms with Gasteiger partial charge in [0.25, 0.3) is 5.71 Å². The summed E-state index contributed by atoms with van der Waals surface area (Å²) in [7, 11) is 0. The van der Waals surface area contributed by atoms with Gasteiger partial charge >= 0.3 is 0 Å². The fraction of sp³-hybridized carbons (Fsp3) is 0.143. The van der Waals surface area contributed by atoms with Crippen molar-refractivity contribution in [1.82, 2.24) is 4.98 Å². The first-order valence-corrected chi connectivity index (χ1v) is 5.85. The lowest BCUT2D eigenvalue weighted by Gasteiger charge is -2.09. The molecule has 0 saturated heterocycles. The van der Waals surface area contributed by atoms with Gasteiger partial charge in [0.05, 0.1) is 6.20 Å². The van der Waals surface area contributed by atoms with Crippen LogP contribution in [0.1, 0.15) is 12.0 Å². The molecule has 0 aliphatic heterocycles. The summed E-state index contributed by atoms with van der Waals surface area (Å²) in [6.45, 7) is 0. The van der Waals surface area contributed by atoms with Gasteiger partial charge in [0, 0.05) is 18.2 Å². The maximum atomic E-state index is 13.6. The predicted molar refractivity (Wildman–Crippen MR) is 70.7 cm³/mol. The number of halogens is 2. The molecule has 0 saturated carbocycles. The van der Waals surface area contributed by atoms with Gasteiger partial charge in [-0.25, -0.2) is 24.2 Å². The van der Waals surface area contributed by atoms with E-state index in [0.29, 0.717) is 5.57 Å². The first-order chi connectivity index (χ1) is 9.61. The summed E-state index contributed by atoms with van der Waals surface area (Å²) in [6, 6.07) is 2.78. The summed E-state index contributed by atoms with van der Waals surface area (Å²) in [6.07, 6.45) is 6.46. The van der Waals surface area contributed by atoms with Crippen LogP contribution in [0.3, 0.4) is 0 Å². The molecule has 0 radical (unpaired) electrons. The molecule has 100 valence electrons. The van der Waals surface area contributed by atoms with E-state index in [9.17, 15) is 8.78 Å². The minimum absolute atomic E-state index is 0.0769. The second kappa shape index (κ2) is 5.97. The van der Waals surface area contributed by atoms with Crippen LogP contribution in [-0.2, 0) is 0 Å². The maximum absolute atomic E-state index is 13.6. The zero-order chi connectivity index (χ0) is 14.5. The Bertz CT molecular complexity index is 668. The number of alkyl halides is 1. The third-order valence-corrected chi connectivity index (χ3v) is 2.71. The molecule has 1 aromatic rings. The topological polar surface area (TPSA) is 74.6 Å². The zero-order valence-electron chi connectivity index (χ0n) is 10.4. The normalized spacial score (nSPS) is 17.9. The number of pyridine rings is 1. The third kappa shape index (κ3) is 3.01. The van der Waals surface area contributed by atoms with Gasteiger partial charge in [-0.3, -0.25) is 0 Å². The van der Waals surface area contributed by atoms with Gasteiger partial charge in [-0.1, -0.05) is 18.2 Å². The van der Waals surface area contributed by atoms with Crippen molar-refractivity contribution in [2.24, 2.45) is 4.99 Å². The lowest BCUT2D eigenvalue weighted by Crippen LogP contribution is -2.39. The highest BCUT2D eigenvalue weighted by molar-refractivity contribution is 6.10. The van der Waals surface area contributed by atoms with Crippen LogP contribution in [0.25, 0.3) is 0 Å². The summed E-state index contributed by atoms with van der Waals surface area (Å²) in [5.41, 5.74) is 0.282. The van der Waals surface area contributed by atoms with Crippen LogP contribution in [0.5, 0.6) is 0 Å². The van der Waals surface area contributed by atoms with Crippen molar-refractivity contribution in [3.8, 4) is 6.07 Å². The molecule has 0 aromatic carbocycles. The molecule has 0 amide bonds. The quantitative estimate of drug-likeness (QED) is 0.841. The zero-order valence-corrected chi connectivity index (χ0v) is 10.4. The van der Waals surface area contributed by atoms with Crippen LogP contribution in [0.2, 0.25) is 0 Å². The molecule has 2 rings (SSSR count). The molecule has 1 aliphatic carbocycles. The van der Waals surface area contributed by atoms with Crippen molar-refractivity contribution in [3.05, 3.63) is 47.4 Å². The molecular weight excluding hydrogens is 262 g/mol. The predicted octanol–water partition coefficient (Wildman–Crippen LogP) is 1.22. The minimum atomic E-state index is -1.13. The number of rotatable bonds is 3. The van der Waals surface area contributed by atoms with Gasteiger partial charge in [0.2, 0.25) is 0 Å². The number of nitrogens with zero attached hydrogens (tertiary/aromatic N) is 3. The molecule has 2 N–H and O–H groups in total. The molecule has 0 fully saturated rings. The largest absolute Gasteiger partial charge is 0.286 e. The highest BCUT2D eigenvalue weighted by Gasteiger charge is 2.15. The molecule has 0 bridgehead atoms. The molecule has 1 unspecified atom stereocenters. The van der Waals surface area contributed by atoms with Crippen LogP contribution >= 0.6 is 0 Å². The number of allylic oxidation sites excluding steroid dienone is 4. The Morgan fingerprint density at radius 1 is 1.60 bits per heavy atom. The standard InChI is InChI=1S/C14H10F2N4/c15-10-5-11(13(18)6-17)14(20-8-10)19-7-9-3-1-2-4-12(9)16/h1-3,5,7-8,12,18H,4H2/p+1. The summed E-state index contributed by atoms with van der Waals surface area (Å²) in [5.74, 6) is -0.548. The van der Waals surface area contributed by atoms with Gasteiger partial charge in [0.1, 0.15) is 17.6 Å². The molecule has 1 atom stereocenters. The van der Waals surface area contributed by atoms with E-state index in [4.69, 9.17) is 10.7 Å². The highest BCUT2D eigenvalue weighted by atomic mass is 19.1. The lowest BCUT2D eigenvalue weighted by molar-refractivity contribution is -0.110. The van der Waals surface area contributed by atoms with Gasteiger partial charge < -0.3 is 0 Å². The van der Waals surface area contributed by atoms with E-state index in [1.165, 1.54) is 6.21 Å². The second-order valence-electron chi connectivity index (χ2n) is 4.11. The van der Waals surface area contributed by atoms with Gasteiger partial charge in [0.15, 0.2) is 11.9 Å². The first kappa shape index (κ1) is 13.7. The Balaban J connectivity index is 2.34. The molecule has 1 aliphatic rings. The summed E-state index contributed by atoms with van der Waals surface area (Å²) >= 11 is 0. The van der Waals surface area contributed by atoms with Crippen molar-refractivity contribution < 1.29 is 14.2 Å². The van der Waals surface area contributed by atoms with E-state index in [2.05, 4.69) is 9.98 Å². The summed E-state index contributed by atoms with van der Waals surface area (Å²) < 4.78 is 26.7. The number of nitrogens with two attached hydrogens (primary N) is 1. The molecule has 1 heterocycles. The number of hydrogen-bond donors (Lipinski definition) is 1. The Kier molecular flexibility index (Phi) is 4.11. The van der Waals surface area contributed by atoms with E-state index >= 15 is 0 Å². The minimum Gasteiger partial charge on any atom is -0.245 e. The number of nitriles is 1. The van der Waals surface area contributed by atoms with Gasteiger partial charge in [-0.2, -0.15) is 5.26 Å². The monoisotopic (exact) mass is 273 g/mol. The van der Waals surface area contributed by atoms with E-state index < -0.39 is 12.0 Å². The Hall–Kier alpha value is -2.68. The molecular formula is C14H11F2N4+. The molecule has 20 heavy (non-hydrogen) atoms. The van der Waals surface area contributed by atoms with Crippen molar-refractivity contribution in [2.45, 2.75) is 12.6 Å². The van der Waals surface area contributed by atoms with E-state index in [1.54, 1.807) is 24.3 Å². The molecule has 6 heteroatoms. The smallest absolute Gasteiger partial charge is 0.245 e. The molecule has 4 nitrogen and oxygen atoms in total. The van der Waals surface area contributed by atoms with Crippen molar-refractivity contribution in [2.75, 3.05) is 0 Å². The first-order valence-electron chi connectivity index (χ1n) is 5.85. The SMILES string of the molecule is N#CC(=[NH2+])c1cc(F)cnc1N=CC1=CC=CCC1F. The fourth-order valence-electron chi connectivity index (χ4n) is 1.67. The number of hydrogen-bond acceptors (Lipinski definition) is 3. The van der Waals surface area contributed by atoms with Crippen molar-refractivity contribution in [3.63, 3.8) is 0 Å². The second-order valence-corrected chi connectivity index (χ2v) is 4.11. The lowest BCUT2D eigenvalue weighted by atomic mass is 10.0. The van der Waals surface area contributed by atoms with Gasteiger partial charge in [-0.15, -0.1) is 0 Å². The average molecular weight is 273 g/mol. The third-order valence-electron chi connectivity index (χ3n) is 2.71. The molecule has 0 spiro atoms.